The monoisotopic (exact) mass is 176 g/mol. The molecule has 0 spiro atoms. The minimum Gasteiger partial charge on any atom is -0.504 e. The molecule has 0 saturated heterocycles. The third-order valence-corrected chi connectivity index (χ3v) is 0.882. The largest absolute Gasteiger partial charge is 0.504 e. The predicted octanol–water partition coefficient (Wildman–Crippen LogP) is 0.271. The summed E-state index contributed by atoms with van der Waals surface area (Å²) < 4.78 is 0. The minimum absolute atomic E-state index is 0. The van der Waals surface area contributed by atoms with Crippen molar-refractivity contribution in [3.63, 3.8) is 0 Å². The van der Waals surface area contributed by atoms with E-state index in [2.05, 4.69) is 0 Å². The standard InChI is InChI=1S/C6H6O2.H2O.Ti/c7-5-3-1-2-4-6(5)8;;/h1-4,7-8H;1H2;. The zero-order valence-corrected chi connectivity index (χ0v) is 6.77. The Morgan fingerprint density at radius 2 is 1.20 bits per heavy atom. The van der Waals surface area contributed by atoms with Crippen LogP contribution in [0.1, 0.15) is 0 Å². The second-order valence-corrected chi connectivity index (χ2v) is 1.49. The van der Waals surface area contributed by atoms with Crippen molar-refractivity contribution in [2.24, 2.45) is 0 Å². The summed E-state index contributed by atoms with van der Waals surface area (Å²) in [6, 6.07) is 6.15. The number of benzene rings is 1. The fourth-order valence-corrected chi connectivity index (χ4v) is 0.464. The van der Waals surface area contributed by atoms with E-state index in [1.54, 1.807) is 12.1 Å². The van der Waals surface area contributed by atoms with E-state index in [9.17, 15) is 0 Å². The van der Waals surface area contributed by atoms with Crippen LogP contribution in [0.3, 0.4) is 0 Å². The average molecular weight is 176 g/mol. The number of hydrogen-bond acceptors (Lipinski definition) is 2. The summed E-state index contributed by atoms with van der Waals surface area (Å²) in [6.45, 7) is 0. The molecule has 0 aliphatic heterocycles. The average Bonchev–Trinajstić information content (AvgIpc) is 1.77. The third-order valence-electron chi connectivity index (χ3n) is 0.882. The third kappa shape index (κ3) is 2.87. The first-order valence-corrected chi connectivity index (χ1v) is 2.27. The van der Waals surface area contributed by atoms with Gasteiger partial charge in [0.15, 0.2) is 11.5 Å². The second kappa shape index (κ2) is 5.29. The summed E-state index contributed by atoms with van der Waals surface area (Å²) in [6.07, 6.45) is 0. The van der Waals surface area contributed by atoms with Crippen LogP contribution in [0.4, 0.5) is 0 Å². The molecule has 0 heterocycles. The van der Waals surface area contributed by atoms with Crippen LogP contribution in [0, 0.1) is 0 Å². The molecule has 0 fully saturated rings. The number of hydrogen-bond donors (Lipinski definition) is 2. The van der Waals surface area contributed by atoms with E-state index >= 15 is 0 Å². The van der Waals surface area contributed by atoms with Crippen molar-refractivity contribution in [3.05, 3.63) is 24.3 Å². The molecule has 0 aliphatic carbocycles. The minimum atomic E-state index is -0.0764. The molecule has 0 atom stereocenters. The molecule has 1 aromatic carbocycles. The number of aromatic hydroxyl groups is 2. The molecule has 3 nitrogen and oxygen atoms in total. The van der Waals surface area contributed by atoms with Crippen LogP contribution in [0.15, 0.2) is 24.3 Å². The molecule has 0 aliphatic rings. The van der Waals surface area contributed by atoms with E-state index in [0.717, 1.165) is 0 Å². The molecule has 4 N–H and O–H groups in total. The molecule has 4 heteroatoms. The fourth-order valence-electron chi connectivity index (χ4n) is 0.464. The zero-order valence-electron chi connectivity index (χ0n) is 5.20. The maximum atomic E-state index is 8.67. The molecular weight excluding hydrogens is 168 g/mol. The fraction of sp³-hybridized carbons (Fsp3) is 0. The van der Waals surface area contributed by atoms with Gasteiger partial charge in [-0.25, -0.2) is 0 Å². The van der Waals surface area contributed by atoms with Gasteiger partial charge in [-0.2, -0.15) is 0 Å². The molecule has 10 heavy (non-hydrogen) atoms. The summed E-state index contributed by atoms with van der Waals surface area (Å²) in [5.74, 6) is -0.153. The van der Waals surface area contributed by atoms with E-state index in [1.165, 1.54) is 12.1 Å². The van der Waals surface area contributed by atoms with Crippen LogP contribution in [-0.4, -0.2) is 15.7 Å². The summed E-state index contributed by atoms with van der Waals surface area (Å²) in [5.41, 5.74) is 0. The Morgan fingerprint density at radius 1 is 0.900 bits per heavy atom. The van der Waals surface area contributed by atoms with E-state index in [-0.39, 0.29) is 38.7 Å². The van der Waals surface area contributed by atoms with Crippen LogP contribution >= 0.6 is 0 Å². The van der Waals surface area contributed by atoms with Crippen LogP contribution < -0.4 is 0 Å². The van der Waals surface area contributed by atoms with Crippen LogP contribution in [0.2, 0.25) is 0 Å². The van der Waals surface area contributed by atoms with E-state index in [4.69, 9.17) is 10.2 Å². The van der Waals surface area contributed by atoms with Crippen molar-refractivity contribution in [2.45, 2.75) is 0 Å². The smallest absolute Gasteiger partial charge is 0.157 e. The molecule has 0 amide bonds. The van der Waals surface area contributed by atoms with Crippen molar-refractivity contribution in [1.82, 2.24) is 0 Å². The van der Waals surface area contributed by atoms with Crippen molar-refractivity contribution < 1.29 is 37.4 Å². The number of para-hydroxylation sites is 2. The summed E-state index contributed by atoms with van der Waals surface area (Å²) in [5, 5.41) is 17.3. The van der Waals surface area contributed by atoms with Gasteiger partial charge in [0.25, 0.3) is 0 Å². The Labute approximate surface area is 73.5 Å². The van der Waals surface area contributed by atoms with Gasteiger partial charge < -0.3 is 15.7 Å². The van der Waals surface area contributed by atoms with Crippen molar-refractivity contribution in [2.75, 3.05) is 0 Å². The first kappa shape index (κ1) is 12.2. The van der Waals surface area contributed by atoms with E-state index in [1.807, 2.05) is 0 Å². The Balaban J connectivity index is 0. The van der Waals surface area contributed by atoms with Gasteiger partial charge in [-0.15, -0.1) is 0 Å². The van der Waals surface area contributed by atoms with Gasteiger partial charge in [0.05, 0.1) is 0 Å². The summed E-state index contributed by atoms with van der Waals surface area (Å²) >= 11 is 0. The first-order valence-electron chi connectivity index (χ1n) is 2.27. The Kier molecular flexibility index (Phi) is 6.46. The normalized spacial score (nSPS) is 7.20. The molecule has 0 radical (unpaired) electrons. The van der Waals surface area contributed by atoms with Crippen molar-refractivity contribution in [1.29, 1.82) is 0 Å². The van der Waals surface area contributed by atoms with Crippen molar-refractivity contribution in [3.8, 4) is 11.5 Å². The summed E-state index contributed by atoms with van der Waals surface area (Å²) in [4.78, 5) is 0. The van der Waals surface area contributed by atoms with Gasteiger partial charge in [0.1, 0.15) is 0 Å². The Hall–Kier alpha value is -0.506. The zero-order chi connectivity index (χ0) is 5.98. The molecule has 54 valence electrons. The molecule has 0 saturated carbocycles. The molecule has 0 aromatic heterocycles. The maximum Gasteiger partial charge on any atom is 0.157 e. The molecule has 0 unspecified atom stereocenters. The second-order valence-electron chi connectivity index (χ2n) is 1.49. The number of phenolic OH excluding ortho intramolecular Hbond substituents is 2. The SMILES string of the molecule is O.Oc1ccccc1O.[Ti]. The number of rotatable bonds is 0. The molecule has 1 aromatic rings. The van der Waals surface area contributed by atoms with Gasteiger partial charge in [-0.05, 0) is 12.1 Å². The van der Waals surface area contributed by atoms with Crippen LogP contribution in [0.25, 0.3) is 0 Å². The van der Waals surface area contributed by atoms with Gasteiger partial charge in [0, 0.05) is 21.7 Å². The van der Waals surface area contributed by atoms with E-state index < -0.39 is 0 Å². The molecular formula is C6H8O3Ti. The van der Waals surface area contributed by atoms with Crippen LogP contribution in [-0.2, 0) is 21.7 Å². The van der Waals surface area contributed by atoms with Crippen LogP contribution in [0.5, 0.6) is 11.5 Å². The Morgan fingerprint density at radius 3 is 1.40 bits per heavy atom. The van der Waals surface area contributed by atoms with Gasteiger partial charge >= 0.3 is 0 Å². The Bertz CT molecular complexity index is 169. The first-order chi connectivity index (χ1) is 3.80. The van der Waals surface area contributed by atoms with E-state index in [0.29, 0.717) is 0 Å². The van der Waals surface area contributed by atoms with Gasteiger partial charge in [-0.1, -0.05) is 12.1 Å². The predicted molar refractivity (Wildman–Crippen MR) is 33.4 cm³/mol. The summed E-state index contributed by atoms with van der Waals surface area (Å²) in [7, 11) is 0. The maximum absolute atomic E-state index is 8.67. The number of phenols is 2. The van der Waals surface area contributed by atoms with Gasteiger partial charge in [0.2, 0.25) is 0 Å². The topological polar surface area (TPSA) is 72.0 Å². The molecule has 1 rings (SSSR count). The quantitative estimate of drug-likeness (QED) is 0.439. The van der Waals surface area contributed by atoms with Crippen molar-refractivity contribution >= 4 is 0 Å². The molecule has 0 bridgehead atoms. The van der Waals surface area contributed by atoms with Gasteiger partial charge in [-0.3, -0.25) is 0 Å².